The summed E-state index contributed by atoms with van der Waals surface area (Å²) in [7, 11) is 3.25. The van der Waals surface area contributed by atoms with Crippen molar-refractivity contribution in [3.8, 4) is 17.2 Å². The van der Waals surface area contributed by atoms with E-state index in [1.807, 2.05) is 73.4 Å². The van der Waals surface area contributed by atoms with E-state index in [1.54, 1.807) is 33.3 Å². The summed E-state index contributed by atoms with van der Waals surface area (Å²) in [4.78, 5) is 24.1. The zero-order valence-corrected chi connectivity index (χ0v) is 29.7. The smallest absolute Gasteiger partial charge is 0.254 e. The summed E-state index contributed by atoms with van der Waals surface area (Å²) < 4.78 is 46.5. The van der Waals surface area contributed by atoms with Crippen LogP contribution in [0.25, 0.3) is 10.9 Å². The minimum Gasteiger partial charge on any atom is -0.497 e. The highest BCUT2D eigenvalue weighted by atomic mass is 35.5. The van der Waals surface area contributed by atoms with Crippen molar-refractivity contribution in [2.24, 2.45) is 0 Å². The van der Waals surface area contributed by atoms with Crippen LogP contribution >= 0.6 is 11.6 Å². The Bertz CT molecular complexity index is 2110. The molecule has 2 aromatic heterocycles. The summed E-state index contributed by atoms with van der Waals surface area (Å²) in [6.45, 7) is 6.46. The summed E-state index contributed by atoms with van der Waals surface area (Å²) in [6, 6.07) is 21.2. The van der Waals surface area contributed by atoms with Crippen LogP contribution in [-0.2, 0) is 22.6 Å². The average Bonchev–Trinajstić information content (AvgIpc) is 3.60. The first kappa shape index (κ1) is 34.5. The van der Waals surface area contributed by atoms with Crippen molar-refractivity contribution in [1.82, 2.24) is 14.5 Å². The first-order valence-corrected chi connectivity index (χ1v) is 16.9. The summed E-state index contributed by atoms with van der Waals surface area (Å²) in [6.07, 6.45) is 2.51. The van der Waals surface area contributed by atoms with Crippen LogP contribution in [-0.4, -0.2) is 53.4 Å². The van der Waals surface area contributed by atoms with Gasteiger partial charge in [-0.2, -0.15) is 0 Å². The van der Waals surface area contributed by atoms with Gasteiger partial charge in [-0.3, -0.25) is 9.36 Å². The van der Waals surface area contributed by atoms with Crippen LogP contribution in [0.5, 0.6) is 17.2 Å². The number of nitrogens with zero attached hydrogens (tertiary/aromatic N) is 4. The van der Waals surface area contributed by atoms with Gasteiger partial charge >= 0.3 is 0 Å². The fraction of sp³-hybridized carbons (Fsp3) is 0.308. The average molecular weight is 713 g/mol. The third kappa shape index (κ3) is 7.28. The van der Waals surface area contributed by atoms with Gasteiger partial charge in [0.2, 0.25) is 0 Å². The number of hydrogen-bond acceptors (Lipinski definition) is 9. The molecule has 0 spiro atoms. The van der Waals surface area contributed by atoms with Gasteiger partial charge in [0.15, 0.2) is 5.79 Å². The normalized spacial score (nSPS) is 19.1. The molecule has 7 rings (SSSR count). The number of pyridine rings is 1. The van der Waals surface area contributed by atoms with E-state index in [0.29, 0.717) is 35.1 Å². The van der Waals surface area contributed by atoms with Crippen LogP contribution in [0.1, 0.15) is 36.7 Å². The van der Waals surface area contributed by atoms with Crippen molar-refractivity contribution in [3.05, 3.63) is 129 Å². The van der Waals surface area contributed by atoms with Crippen molar-refractivity contribution < 1.29 is 28.1 Å². The minimum atomic E-state index is -0.868. The largest absolute Gasteiger partial charge is 0.497 e. The molecule has 0 radical (unpaired) electrons. The first-order valence-electron chi connectivity index (χ1n) is 16.5. The molecule has 1 saturated heterocycles. The summed E-state index contributed by atoms with van der Waals surface area (Å²) in [5, 5.41) is 0.581. The SMILES string of the molecule is COc1ccc(CN(Cc2ccc(OC)cc2)c2nc3cc(OCC4=C[C@@H](n5cnc(C)cc5=O)[C@@H]5OC(C)(C)O[C@H]45)cc(F)c3cc2Cl)cc1. The maximum Gasteiger partial charge on any atom is 0.254 e. The molecule has 3 heterocycles. The van der Waals surface area contributed by atoms with E-state index in [2.05, 4.69) is 4.98 Å². The molecule has 5 aromatic rings. The van der Waals surface area contributed by atoms with Crippen molar-refractivity contribution in [3.63, 3.8) is 0 Å². The van der Waals surface area contributed by atoms with Crippen molar-refractivity contribution >= 4 is 28.3 Å². The number of fused-ring (bicyclic) bond motifs is 2. The van der Waals surface area contributed by atoms with Gasteiger partial charge in [-0.1, -0.05) is 41.9 Å². The molecule has 0 bridgehead atoms. The number of halogens is 2. The Kier molecular flexibility index (Phi) is 9.45. The van der Waals surface area contributed by atoms with Crippen LogP contribution in [0.15, 0.2) is 95.6 Å². The predicted octanol–water partition coefficient (Wildman–Crippen LogP) is 7.20. The van der Waals surface area contributed by atoms with E-state index in [4.69, 9.17) is 40.3 Å². The van der Waals surface area contributed by atoms with Gasteiger partial charge in [0.05, 0.1) is 37.1 Å². The fourth-order valence-corrected chi connectivity index (χ4v) is 6.85. The number of rotatable bonds is 11. The van der Waals surface area contributed by atoms with Crippen LogP contribution in [0.4, 0.5) is 10.2 Å². The standard InChI is InChI=1S/C39H38ClFN4O6/c1-23-14-35(46)45(22-42-23)34-15-26(36-37(34)51-39(2,3)50-36)21-49-29-16-32(41)30-18-31(40)38(43-33(30)17-29)44(19-24-6-10-27(47-4)11-7-24)20-25-8-12-28(48-5)13-9-25/h6-18,22,34,36-37H,19-21H2,1-5H3/t34-,36-,37+/m1/s1. The second-order valence-corrected chi connectivity index (χ2v) is 13.5. The molecule has 1 aliphatic heterocycles. The summed E-state index contributed by atoms with van der Waals surface area (Å²) in [5.74, 6) is 0.893. The van der Waals surface area contributed by atoms with E-state index in [9.17, 15) is 4.79 Å². The van der Waals surface area contributed by atoms with Crippen molar-refractivity contribution in [2.45, 2.75) is 57.9 Å². The van der Waals surface area contributed by atoms with E-state index in [-0.39, 0.29) is 23.3 Å². The molecular formula is C39H38ClFN4O6. The maximum absolute atomic E-state index is 15.7. The second kappa shape index (κ2) is 14.0. The lowest BCUT2D eigenvalue weighted by Crippen LogP contribution is -2.34. The molecule has 1 aliphatic carbocycles. The number of aromatic nitrogens is 3. The first-order chi connectivity index (χ1) is 24.5. The van der Waals surface area contributed by atoms with E-state index in [0.717, 1.165) is 28.2 Å². The number of aryl methyl sites for hydroxylation is 1. The summed E-state index contributed by atoms with van der Waals surface area (Å²) >= 11 is 6.84. The molecule has 0 unspecified atom stereocenters. The molecule has 3 aromatic carbocycles. The van der Waals surface area contributed by atoms with Gasteiger partial charge in [-0.05, 0) is 67.8 Å². The number of anilines is 1. The molecule has 0 saturated carbocycles. The van der Waals surface area contributed by atoms with Crippen LogP contribution in [0.2, 0.25) is 5.02 Å². The quantitative estimate of drug-likeness (QED) is 0.132. The van der Waals surface area contributed by atoms with E-state index >= 15 is 4.39 Å². The highest BCUT2D eigenvalue weighted by molar-refractivity contribution is 6.33. The highest BCUT2D eigenvalue weighted by Crippen LogP contribution is 2.43. The van der Waals surface area contributed by atoms with Gasteiger partial charge in [-0.25, -0.2) is 14.4 Å². The molecule has 1 fully saturated rings. The zero-order valence-electron chi connectivity index (χ0n) is 28.9. The molecule has 264 valence electrons. The number of benzene rings is 3. The maximum atomic E-state index is 15.7. The minimum absolute atomic E-state index is 0.0810. The Morgan fingerprint density at radius 3 is 2.18 bits per heavy atom. The molecule has 0 amide bonds. The third-order valence-electron chi connectivity index (χ3n) is 9.07. The second-order valence-electron chi connectivity index (χ2n) is 13.1. The number of hydrogen-bond donors (Lipinski definition) is 0. The van der Waals surface area contributed by atoms with Crippen LogP contribution in [0.3, 0.4) is 0 Å². The Hall–Kier alpha value is -4.97. The lowest BCUT2D eigenvalue weighted by molar-refractivity contribution is -0.148. The van der Waals surface area contributed by atoms with Gasteiger partial charge < -0.3 is 28.6 Å². The molecule has 51 heavy (non-hydrogen) atoms. The molecule has 12 heteroatoms. The monoisotopic (exact) mass is 712 g/mol. The predicted molar refractivity (Wildman–Crippen MR) is 192 cm³/mol. The Morgan fingerprint density at radius 2 is 1.57 bits per heavy atom. The van der Waals surface area contributed by atoms with Gasteiger partial charge in [0, 0.05) is 42.4 Å². The van der Waals surface area contributed by atoms with Crippen LogP contribution < -0.4 is 24.7 Å². The van der Waals surface area contributed by atoms with Gasteiger partial charge in [0.1, 0.15) is 47.7 Å². The molecule has 10 nitrogen and oxygen atoms in total. The van der Waals surface area contributed by atoms with E-state index in [1.165, 1.54) is 23.0 Å². The van der Waals surface area contributed by atoms with Gasteiger partial charge in [0.25, 0.3) is 5.56 Å². The molecule has 0 N–H and O–H groups in total. The number of ether oxygens (including phenoxy) is 5. The topological polar surface area (TPSA) is 97.2 Å². The Morgan fingerprint density at radius 1 is 0.922 bits per heavy atom. The zero-order chi connectivity index (χ0) is 35.9. The molecule has 2 aliphatic rings. The number of methoxy groups -OCH3 is 2. The lowest BCUT2D eigenvalue weighted by atomic mass is 10.1. The molecule has 3 atom stereocenters. The summed E-state index contributed by atoms with van der Waals surface area (Å²) in [5.41, 5.74) is 3.62. The molecular weight excluding hydrogens is 675 g/mol. The van der Waals surface area contributed by atoms with E-state index < -0.39 is 29.9 Å². The lowest BCUT2D eigenvalue weighted by Gasteiger charge is -2.26. The van der Waals surface area contributed by atoms with Gasteiger partial charge in [-0.15, -0.1) is 0 Å². The van der Waals surface area contributed by atoms with Crippen LogP contribution in [0, 0.1) is 12.7 Å². The third-order valence-corrected chi connectivity index (χ3v) is 9.35. The fourth-order valence-electron chi connectivity index (χ4n) is 6.58. The van der Waals surface area contributed by atoms with Crippen molar-refractivity contribution in [2.75, 3.05) is 25.7 Å². The Labute approximate surface area is 300 Å². The Balaban J connectivity index is 1.19. The highest BCUT2D eigenvalue weighted by Gasteiger charge is 2.51. The van der Waals surface area contributed by atoms with Crippen molar-refractivity contribution in [1.29, 1.82) is 0 Å².